The molecule has 5 heteroatoms. The molecule has 2 aromatic rings. The molecule has 0 fully saturated rings. The maximum absolute atomic E-state index is 12.7. The zero-order chi connectivity index (χ0) is 17.7. The maximum atomic E-state index is 12.7. The van der Waals surface area contributed by atoms with E-state index in [2.05, 4.69) is 9.93 Å². The molecule has 0 spiro atoms. The summed E-state index contributed by atoms with van der Waals surface area (Å²) in [5.41, 5.74) is 1.19. The molecule has 2 rings (SSSR count). The molecule has 0 radical (unpaired) electrons. The first-order valence-electron chi connectivity index (χ1n) is 7.55. The summed E-state index contributed by atoms with van der Waals surface area (Å²) in [7, 11) is 0. The largest absolute Gasteiger partial charge is 0.377 e. The molecule has 24 heavy (non-hydrogen) atoms. The van der Waals surface area contributed by atoms with E-state index in [9.17, 15) is 9.59 Å². The van der Waals surface area contributed by atoms with Crippen molar-refractivity contribution in [2.75, 3.05) is 0 Å². The van der Waals surface area contributed by atoms with Gasteiger partial charge in [0.2, 0.25) is 0 Å². The lowest BCUT2D eigenvalue weighted by atomic mass is 9.97. The highest BCUT2D eigenvalue weighted by Gasteiger charge is 2.21. The van der Waals surface area contributed by atoms with Crippen LogP contribution in [0.3, 0.4) is 0 Å². The fourth-order valence-corrected chi connectivity index (χ4v) is 2.00. The first kappa shape index (κ1) is 17.8. The number of hydrogen-bond acceptors (Lipinski definition) is 5. The van der Waals surface area contributed by atoms with Gasteiger partial charge in [0.25, 0.3) is 0 Å². The van der Waals surface area contributed by atoms with Gasteiger partial charge in [-0.2, -0.15) is 4.89 Å². The number of carbonyl (C=O) groups excluding carboxylic acids is 2. The van der Waals surface area contributed by atoms with Crippen molar-refractivity contribution >= 4 is 11.8 Å². The van der Waals surface area contributed by atoms with E-state index in [1.807, 2.05) is 13.0 Å². The van der Waals surface area contributed by atoms with Crippen molar-refractivity contribution in [3.8, 4) is 0 Å². The van der Waals surface area contributed by atoms with Crippen molar-refractivity contribution in [2.45, 2.75) is 33.3 Å². The van der Waals surface area contributed by atoms with Crippen LogP contribution in [0, 0.1) is 6.92 Å². The van der Waals surface area contributed by atoms with Gasteiger partial charge in [-0.25, -0.2) is 4.79 Å². The minimum atomic E-state index is -0.796. The smallest absolute Gasteiger partial charge is 0.289 e. The van der Waals surface area contributed by atoms with Crippen molar-refractivity contribution in [1.82, 2.24) is 0 Å². The predicted molar refractivity (Wildman–Crippen MR) is 88.4 cm³/mol. The average molecular weight is 328 g/mol. The van der Waals surface area contributed by atoms with Gasteiger partial charge in [0, 0.05) is 11.1 Å². The van der Waals surface area contributed by atoms with E-state index in [1.54, 1.807) is 57.2 Å². The Labute approximate surface area is 141 Å². The molecule has 0 aliphatic heterocycles. The topological polar surface area (TPSA) is 61.8 Å². The zero-order valence-corrected chi connectivity index (χ0v) is 14.2. The van der Waals surface area contributed by atoms with Crippen LogP contribution >= 0.6 is 0 Å². The molecule has 0 aromatic heterocycles. The maximum Gasteiger partial charge on any atom is 0.377 e. The first-order chi connectivity index (χ1) is 11.3. The van der Waals surface area contributed by atoms with Gasteiger partial charge >= 0.3 is 5.97 Å². The SMILES string of the molecule is Cc1cccc(C(=O)c2ccccc2C(=O)OOOC(C)(C)C)c1. The van der Waals surface area contributed by atoms with Crippen LogP contribution in [0.2, 0.25) is 0 Å². The molecule has 0 atom stereocenters. The number of benzene rings is 2. The number of rotatable bonds is 5. The fourth-order valence-electron chi connectivity index (χ4n) is 2.00. The Morgan fingerprint density at radius 2 is 1.58 bits per heavy atom. The van der Waals surface area contributed by atoms with Crippen LogP contribution in [0.4, 0.5) is 0 Å². The van der Waals surface area contributed by atoms with Gasteiger partial charge in [-0.3, -0.25) is 9.68 Å². The molecule has 0 bridgehead atoms. The van der Waals surface area contributed by atoms with Crippen molar-refractivity contribution in [3.05, 3.63) is 70.8 Å². The molecule has 0 aliphatic rings. The van der Waals surface area contributed by atoms with Crippen molar-refractivity contribution < 1.29 is 24.4 Å². The summed E-state index contributed by atoms with van der Waals surface area (Å²) in [6, 6.07) is 13.6. The Morgan fingerprint density at radius 1 is 0.917 bits per heavy atom. The molecule has 0 aliphatic carbocycles. The molecular formula is C19H20O5. The molecule has 0 heterocycles. The summed E-state index contributed by atoms with van der Waals surface area (Å²) in [5.74, 6) is -1.06. The fraction of sp³-hybridized carbons (Fsp3) is 0.263. The summed E-state index contributed by atoms with van der Waals surface area (Å²) in [6.07, 6.45) is 0. The predicted octanol–water partition coefficient (Wildman–Crippen LogP) is 4.04. The van der Waals surface area contributed by atoms with Crippen LogP contribution in [-0.2, 0) is 14.8 Å². The molecule has 2 aromatic carbocycles. The Balaban J connectivity index is 2.21. The van der Waals surface area contributed by atoms with Crippen LogP contribution in [0.15, 0.2) is 48.5 Å². The van der Waals surface area contributed by atoms with E-state index in [-0.39, 0.29) is 16.9 Å². The van der Waals surface area contributed by atoms with Gasteiger partial charge in [-0.05, 0) is 44.9 Å². The minimum absolute atomic E-state index is 0.113. The number of ketones is 1. The molecule has 0 saturated carbocycles. The third-order valence-electron chi connectivity index (χ3n) is 3.07. The summed E-state index contributed by atoms with van der Waals surface area (Å²) in [6.45, 7) is 7.14. The summed E-state index contributed by atoms with van der Waals surface area (Å²) in [5, 5.41) is 4.51. The zero-order valence-electron chi connectivity index (χ0n) is 14.2. The summed E-state index contributed by atoms with van der Waals surface area (Å²) >= 11 is 0. The monoisotopic (exact) mass is 328 g/mol. The van der Waals surface area contributed by atoms with Gasteiger partial charge < -0.3 is 0 Å². The van der Waals surface area contributed by atoms with Gasteiger partial charge in [0.05, 0.1) is 11.2 Å². The molecular weight excluding hydrogens is 308 g/mol. The Morgan fingerprint density at radius 3 is 2.21 bits per heavy atom. The number of hydrogen-bond donors (Lipinski definition) is 0. The van der Waals surface area contributed by atoms with E-state index in [0.29, 0.717) is 5.56 Å². The third-order valence-corrected chi connectivity index (χ3v) is 3.07. The lowest BCUT2D eigenvalue weighted by Gasteiger charge is -2.15. The van der Waals surface area contributed by atoms with Crippen molar-refractivity contribution in [3.63, 3.8) is 0 Å². The van der Waals surface area contributed by atoms with E-state index >= 15 is 0 Å². The average Bonchev–Trinajstić information content (AvgIpc) is 2.53. The molecule has 0 amide bonds. The van der Waals surface area contributed by atoms with Gasteiger partial charge in [0.15, 0.2) is 5.78 Å². The molecule has 0 unspecified atom stereocenters. The van der Waals surface area contributed by atoms with Crippen LogP contribution < -0.4 is 0 Å². The lowest BCUT2D eigenvalue weighted by molar-refractivity contribution is -0.510. The Hall–Kier alpha value is -2.50. The highest BCUT2D eigenvalue weighted by Crippen LogP contribution is 2.17. The van der Waals surface area contributed by atoms with E-state index in [1.165, 1.54) is 6.07 Å². The molecule has 0 N–H and O–H groups in total. The van der Waals surface area contributed by atoms with Crippen LogP contribution in [0.5, 0.6) is 0 Å². The number of aryl methyl sites for hydroxylation is 1. The van der Waals surface area contributed by atoms with Gasteiger partial charge in [-0.15, -0.1) is 0 Å². The van der Waals surface area contributed by atoms with Crippen LogP contribution in [0.25, 0.3) is 0 Å². The van der Waals surface area contributed by atoms with Crippen LogP contribution in [0.1, 0.15) is 52.6 Å². The standard InChI is InChI=1S/C19H20O5/c1-13-8-7-9-14(12-13)17(20)15-10-5-6-11-16(15)18(21)22-24-23-19(2,3)4/h5-12H,1-4H3. The minimum Gasteiger partial charge on any atom is -0.289 e. The lowest BCUT2D eigenvalue weighted by Crippen LogP contribution is -2.21. The quantitative estimate of drug-likeness (QED) is 0.471. The van der Waals surface area contributed by atoms with E-state index < -0.39 is 11.6 Å². The summed E-state index contributed by atoms with van der Waals surface area (Å²) < 4.78 is 0. The second-order valence-electron chi connectivity index (χ2n) is 6.38. The van der Waals surface area contributed by atoms with E-state index in [0.717, 1.165) is 5.56 Å². The molecule has 126 valence electrons. The van der Waals surface area contributed by atoms with Crippen molar-refractivity contribution in [2.24, 2.45) is 0 Å². The number of carbonyl (C=O) groups is 2. The highest BCUT2D eigenvalue weighted by molar-refractivity contribution is 6.14. The van der Waals surface area contributed by atoms with E-state index in [4.69, 9.17) is 4.89 Å². The second-order valence-corrected chi connectivity index (χ2v) is 6.38. The molecule has 0 saturated heterocycles. The third kappa shape index (κ3) is 4.75. The first-order valence-corrected chi connectivity index (χ1v) is 7.55. The highest BCUT2D eigenvalue weighted by atomic mass is 17.5. The van der Waals surface area contributed by atoms with Gasteiger partial charge in [-0.1, -0.05) is 42.0 Å². The second kappa shape index (κ2) is 7.38. The normalized spacial score (nSPS) is 11.2. The Kier molecular flexibility index (Phi) is 5.49. The summed E-state index contributed by atoms with van der Waals surface area (Å²) in [4.78, 5) is 34.4. The Bertz CT molecular complexity index is 743. The van der Waals surface area contributed by atoms with Gasteiger partial charge in [0.1, 0.15) is 0 Å². The molecule has 5 nitrogen and oxygen atoms in total. The van der Waals surface area contributed by atoms with Crippen LogP contribution in [-0.4, -0.2) is 17.4 Å². The van der Waals surface area contributed by atoms with Crippen molar-refractivity contribution in [1.29, 1.82) is 0 Å².